The number of rotatable bonds is 7. The van der Waals surface area contributed by atoms with Crippen molar-refractivity contribution in [1.82, 2.24) is 14.9 Å². The molecule has 6 nitrogen and oxygen atoms in total. The van der Waals surface area contributed by atoms with Crippen LogP contribution in [0, 0.1) is 17.7 Å². The Labute approximate surface area is 200 Å². The third-order valence-electron chi connectivity index (χ3n) is 6.62. The van der Waals surface area contributed by atoms with Gasteiger partial charge in [-0.05, 0) is 68.4 Å². The van der Waals surface area contributed by atoms with E-state index in [0.717, 1.165) is 16.8 Å². The van der Waals surface area contributed by atoms with Crippen molar-refractivity contribution >= 4 is 15.7 Å². The fraction of sp³-hybridized carbons (Fsp3) is 0.385. The van der Waals surface area contributed by atoms with E-state index < -0.39 is 9.84 Å². The molecule has 1 N–H and O–H groups in total. The lowest BCUT2D eigenvalue weighted by Gasteiger charge is -2.28. The summed E-state index contributed by atoms with van der Waals surface area (Å²) in [7, 11) is -1.52. The van der Waals surface area contributed by atoms with E-state index in [1.165, 1.54) is 12.1 Å². The average Bonchev–Trinajstić information content (AvgIpc) is 3.26. The minimum atomic E-state index is -3.41. The molecule has 0 radical (unpaired) electrons. The number of amides is 1. The van der Waals surface area contributed by atoms with E-state index in [2.05, 4.69) is 10.3 Å². The number of imidazole rings is 1. The number of aromatic nitrogens is 2. The Hall–Kier alpha value is -3.00. The minimum Gasteiger partial charge on any atom is -0.349 e. The quantitative estimate of drug-likeness (QED) is 0.529. The monoisotopic (exact) mass is 483 g/mol. The highest BCUT2D eigenvalue weighted by Crippen LogP contribution is 2.32. The predicted octanol–water partition coefficient (Wildman–Crippen LogP) is 4.68. The molecule has 180 valence electrons. The van der Waals surface area contributed by atoms with E-state index in [1.54, 1.807) is 42.7 Å². The number of hydrogen-bond acceptors (Lipinski definition) is 4. The number of aryl methyl sites for hydroxylation is 1. The lowest BCUT2D eigenvalue weighted by Crippen LogP contribution is -2.35. The number of nitrogens with one attached hydrogen (secondary N) is 1. The van der Waals surface area contributed by atoms with Crippen LogP contribution in [0.2, 0.25) is 0 Å². The summed E-state index contributed by atoms with van der Waals surface area (Å²) in [6.45, 7) is 1.88. The van der Waals surface area contributed by atoms with Crippen LogP contribution < -0.4 is 5.32 Å². The molecule has 8 heteroatoms. The summed E-state index contributed by atoms with van der Waals surface area (Å²) in [5, 5.41) is 3.01. The molecular weight excluding hydrogens is 453 g/mol. The normalized spacial score (nSPS) is 19.5. The molecule has 1 unspecified atom stereocenters. The Kier molecular flexibility index (Phi) is 7.16. The topological polar surface area (TPSA) is 81.1 Å². The second kappa shape index (κ2) is 10.1. The van der Waals surface area contributed by atoms with Crippen LogP contribution in [-0.4, -0.2) is 29.6 Å². The van der Waals surface area contributed by atoms with Gasteiger partial charge < -0.3 is 9.88 Å². The number of hydrogen-bond donors (Lipinski definition) is 1. The molecule has 2 aromatic carbocycles. The first kappa shape index (κ1) is 24.1. The molecule has 1 atom stereocenters. The van der Waals surface area contributed by atoms with Gasteiger partial charge in [0, 0.05) is 24.7 Å². The van der Waals surface area contributed by atoms with Gasteiger partial charge in [0.15, 0.2) is 9.84 Å². The van der Waals surface area contributed by atoms with Crippen LogP contribution in [0.5, 0.6) is 0 Å². The van der Waals surface area contributed by atoms with Crippen molar-refractivity contribution in [3.63, 3.8) is 0 Å². The molecule has 1 amide bonds. The van der Waals surface area contributed by atoms with E-state index in [-0.39, 0.29) is 35.4 Å². The van der Waals surface area contributed by atoms with Crippen molar-refractivity contribution in [2.45, 2.75) is 43.5 Å². The number of carbonyl (C=O) groups is 1. The maximum atomic E-state index is 13.1. The summed E-state index contributed by atoms with van der Waals surface area (Å²) >= 11 is 0. The van der Waals surface area contributed by atoms with Gasteiger partial charge in [-0.25, -0.2) is 17.8 Å². The largest absolute Gasteiger partial charge is 0.349 e. The highest BCUT2D eigenvalue weighted by molar-refractivity contribution is 7.91. The van der Waals surface area contributed by atoms with Crippen LogP contribution in [0.1, 0.15) is 44.2 Å². The lowest BCUT2D eigenvalue weighted by molar-refractivity contribution is -0.126. The first-order valence-corrected chi connectivity index (χ1v) is 13.2. The minimum absolute atomic E-state index is 0.0248. The molecule has 1 fully saturated rings. The van der Waals surface area contributed by atoms with Crippen molar-refractivity contribution in [3.8, 4) is 11.3 Å². The van der Waals surface area contributed by atoms with Gasteiger partial charge in [-0.15, -0.1) is 0 Å². The van der Waals surface area contributed by atoms with Gasteiger partial charge in [-0.1, -0.05) is 24.3 Å². The van der Waals surface area contributed by atoms with Crippen molar-refractivity contribution in [2.24, 2.45) is 18.9 Å². The molecule has 0 spiro atoms. The molecule has 0 aliphatic heterocycles. The summed E-state index contributed by atoms with van der Waals surface area (Å²) in [5.74, 6) is -0.322. The fourth-order valence-electron chi connectivity index (χ4n) is 4.56. The number of halogens is 1. The fourth-order valence-corrected chi connectivity index (χ4v) is 6.26. The van der Waals surface area contributed by atoms with Gasteiger partial charge in [-0.3, -0.25) is 4.79 Å². The highest BCUT2D eigenvalue weighted by atomic mass is 32.2. The van der Waals surface area contributed by atoms with Crippen LogP contribution in [0.25, 0.3) is 11.3 Å². The zero-order valence-electron chi connectivity index (χ0n) is 19.4. The van der Waals surface area contributed by atoms with Crippen LogP contribution in [-0.2, 0) is 21.7 Å². The number of nitrogens with zero attached hydrogens (tertiary/aromatic N) is 2. The number of carbonyl (C=O) groups excluding carboxylic acids is 1. The first-order chi connectivity index (χ1) is 16.2. The second-order valence-electron chi connectivity index (χ2n) is 9.23. The summed E-state index contributed by atoms with van der Waals surface area (Å²) < 4.78 is 40.9. The Bertz CT molecular complexity index is 1230. The zero-order valence-corrected chi connectivity index (χ0v) is 20.3. The highest BCUT2D eigenvalue weighted by Gasteiger charge is 2.30. The third-order valence-corrected chi connectivity index (χ3v) is 8.52. The van der Waals surface area contributed by atoms with Crippen molar-refractivity contribution < 1.29 is 17.6 Å². The molecule has 34 heavy (non-hydrogen) atoms. The van der Waals surface area contributed by atoms with Gasteiger partial charge in [0.05, 0.1) is 28.7 Å². The van der Waals surface area contributed by atoms with Gasteiger partial charge in [0.1, 0.15) is 5.82 Å². The van der Waals surface area contributed by atoms with E-state index in [0.29, 0.717) is 30.6 Å². The Balaban J connectivity index is 1.29. The van der Waals surface area contributed by atoms with E-state index in [4.69, 9.17) is 0 Å². The second-order valence-corrected chi connectivity index (χ2v) is 11.3. The first-order valence-electron chi connectivity index (χ1n) is 11.6. The molecule has 4 rings (SSSR count). The van der Waals surface area contributed by atoms with Gasteiger partial charge in [-0.2, -0.15) is 0 Å². The standard InChI is InChI=1S/C26H30FN3O3S/c1-18(20-7-11-23(27)12-8-20)29-26(31)22-5-3-19(4-6-22)16-34(32,33)24-13-9-21(10-14-24)25-15-30(2)17-28-25/h7-15,17-19,22H,3-6,16H2,1-2H3,(H,29,31). The van der Waals surface area contributed by atoms with E-state index >= 15 is 0 Å². The summed E-state index contributed by atoms with van der Waals surface area (Å²) in [5.41, 5.74) is 2.53. The van der Waals surface area contributed by atoms with Crippen LogP contribution in [0.4, 0.5) is 4.39 Å². The van der Waals surface area contributed by atoms with Crippen molar-refractivity contribution in [2.75, 3.05) is 5.75 Å². The molecule has 1 aliphatic rings. The van der Waals surface area contributed by atoms with Crippen molar-refractivity contribution in [3.05, 3.63) is 72.4 Å². The van der Waals surface area contributed by atoms with E-state index in [9.17, 15) is 17.6 Å². The molecule has 1 aromatic heterocycles. The smallest absolute Gasteiger partial charge is 0.223 e. The summed E-state index contributed by atoms with van der Waals surface area (Å²) in [6, 6.07) is 12.8. The number of benzene rings is 2. The average molecular weight is 484 g/mol. The molecular formula is C26H30FN3O3S. The zero-order chi connectivity index (χ0) is 24.3. The Morgan fingerprint density at radius 2 is 1.74 bits per heavy atom. The molecule has 0 bridgehead atoms. The van der Waals surface area contributed by atoms with Crippen LogP contribution in [0.3, 0.4) is 0 Å². The van der Waals surface area contributed by atoms with Crippen LogP contribution >= 0.6 is 0 Å². The maximum Gasteiger partial charge on any atom is 0.223 e. The molecule has 1 saturated carbocycles. The SMILES string of the molecule is CC(NC(=O)C1CCC(CS(=O)(=O)c2ccc(-c3cn(C)cn3)cc2)CC1)c1ccc(F)cc1. The summed E-state index contributed by atoms with van der Waals surface area (Å²) in [6.07, 6.45) is 6.34. The van der Waals surface area contributed by atoms with Gasteiger partial charge >= 0.3 is 0 Å². The van der Waals surface area contributed by atoms with Crippen molar-refractivity contribution in [1.29, 1.82) is 0 Å². The van der Waals surface area contributed by atoms with E-state index in [1.807, 2.05) is 24.7 Å². The number of sulfone groups is 1. The Morgan fingerprint density at radius 1 is 1.09 bits per heavy atom. The molecule has 1 heterocycles. The Morgan fingerprint density at radius 3 is 2.32 bits per heavy atom. The molecule has 1 aliphatic carbocycles. The lowest BCUT2D eigenvalue weighted by atomic mass is 9.82. The van der Waals surface area contributed by atoms with Crippen LogP contribution in [0.15, 0.2) is 66.0 Å². The summed E-state index contributed by atoms with van der Waals surface area (Å²) in [4.78, 5) is 17.3. The maximum absolute atomic E-state index is 13.1. The predicted molar refractivity (Wildman–Crippen MR) is 129 cm³/mol. The third kappa shape index (κ3) is 5.73. The molecule has 0 saturated heterocycles. The molecule has 3 aromatic rings. The van der Waals surface area contributed by atoms with Gasteiger partial charge in [0.25, 0.3) is 0 Å². The van der Waals surface area contributed by atoms with Gasteiger partial charge in [0.2, 0.25) is 5.91 Å².